The molecule has 176 valence electrons. The number of nitrogens with zero attached hydrogens (tertiary/aromatic N) is 3. The van der Waals surface area contributed by atoms with Gasteiger partial charge >= 0.3 is 5.97 Å². The molecular formula is C25H25N3O5S. The van der Waals surface area contributed by atoms with E-state index in [1.807, 2.05) is 31.2 Å². The smallest absolute Gasteiger partial charge is 0.308 e. The number of ether oxygens (including phenoxy) is 3. The molecule has 0 aliphatic carbocycles. The van der Waals surface area contributed by atoms with Crippen LogP contribution in [-0.4, -0.2) is 33.8 Å². The zero-order valence-corrected chi connectivity index (χ0v) is 20.1. The van der Waals surface area contributed by atoms with Gasteiger partial charge in [0.2, 0.25) is 4.96 Å². The van der Waals surface area contributed by atoms with Crippen molar-refractivity contribution in [3.8, 4) is 28.6 Å². The molecule has 9 heteroatoms. The summed E-state index contributed by atoms with van der Waals surface area (Å²) in [5.74, 6) is 1.62. The quantitative estimate of drug-likeness (QED) is 0.204. The van der Waals surface area contributed by atoms with E-state index in [1.165, 1.54) is 22.8 Å². The summed E-state index contributed by atoms with van der Waals surface area (Å²) < 4.78 is 18.3. The first-order valence-corrected chi connectivity index (χ1v) is 11.9. The highest BCUT2D eigenvalue weighted by Gasteiger charge is 2.13. The molecule has 0 bridgehead atoms. The average molecular weight is 480 g/mol. The van der Waals surface area contributed by atoms with Crippen molar-refractivity contribution in [1.82, 2.24) is 14.6 Å². The Morgan fingerprint density at radius 1 is 1.09 bits per heavy atom. The fraction of sp³-hybridized carbons (Fsp3) is 0.280. The Balaban J connectivity index is 1.60. The van der Waals surface area contributed by atoms with Gasteiger partial charge in [-0.15, -0.1) is 5.10 Å². The van der Waals surface area contributed by atoms with Gasteiger partial charge in [0.05, 0.1) is 17.7 Å². The van der Waals surface area contributed by atoms with Crippen molar-refractivity contribution >= 4 is 28.3 Å². The summed E-state index contributed by atoms with van der Waals surface area (Å²) in [4.78, 5) is 29.3. The maximum Gasteiger partial charge on any atom is 0.308 e. The molecule has 0 atom stereocenters. The van der Waals surface area contributed by atoms with Gasteiger partial charge in [-0.05, 0) is 61.4 Å². The molecule has 0 saturated carbocycles. The summed E-state index contributed by atoms with van der Waals surface area (Å²) in [5.41, 5.74) is 1.30. The number of carbonyl (C=O) groups excluding carboxylic acids is 1. The van der Waals surface area contributed by atoms with Crippen LogP contribution in [0.1, 0.15) is 39.2 Å². The predicted molar refractivity (Wildman–Crippen MR) is 131 cm³/mol. The highest BCUT2D eigenvalue weighted by Crippen LogP contribution is 2.29. The summed E-state index contributed by atoms with van der Waals surface area (Å²) in [6.45, 7) is 6.39. The zero-order chi connectivity index (χ0) is 24.1. The second-order valence-electron chi connectivity index (χ2n) is 7.50. The number of benzene rings is 2. The zero-order valence-electron chi connectivity index (χ0n) is 19.2. The highest BCUT2D eigenvalue weighted by atomic mass is 32.1. The maximum atomic E-state index is 12.9. The Morgan fingerprint density at radius 2 is 1.88 bits per heavy atom. The summed E-state index contributed by atoms with van der Waals surface area (Å²) >= 11 is 1.26. The van der Waals surface area contributed by atoms with Crippen LogP contribution in [0.15, 0.2) is 47.3 Å². The van der Waals surface area contributed by atoms with E-state index in [4.69, 9.17) is 14.2 Å². The topological polar surface area (TPSA) is 92.0 Å². The van der Waals surface area contributed by atoms with Gasteiger partial charge in [0, 0.05) is 12.5 Å². The summed E-state index contributed by atoms with van der Waals surface area (Å²) in [6, 6.07) is 12.7. The van der Waals surface area contributed by atoms with Crippen LogP contribution in [0.5, 0.6) is 17.2 Å². The van der Waals surface area contributed by atoms with Crippen molar-refractivity contribution in [2.24, 2.45) is 0 Å². The number of thiazole rings is 1. The number of rotatable bonds is 9. The van der Waals surface area contributed by atoms with Crippen LogP contribution in [0, 0.1) is 0 Å². The molecule has 2 aromatic carbocycles. The molecular weight excluding hydrogens is 454 g/mol. The van der Waals surface area contributed by atoms with E-state index >= 15 is 0 Å². The van der Waals surface area contributed by atoms with Crippen LogP contribution in [-0.2, 0) is 4.79 Å². The van der Waals surface area contributed by atoms with Crippen molar-refractivity contribution in [3.63, 3.8) is 0 Å². The molecule has 0 unspecified atom stereocenters. The maximum absolute atomic E-state index is 12.9. The first-order valence-electron chi connectivity index (χ1n) is 11.1. The second kappa shape index (κ2) is 10.5. The fourth-order valence-corrected chi connectivity index (χ4v) is 4.17. The van der Waals surface area contributed by atoms with E-state index in [2.05, 4.69) is 17.0 Å². The monoisotopic (exact) mass is 479 g/mol. The van der Waals surface area contributed by atoms with Gasteiger partial charge in [-0.2, -0.15) is 9.50 Å². The number of esters is 1. The van der Waals surface area contributed by atoms with Gasteiger partial charge in [0.15, 0.2) is 17.3 Å². The minimum Gasteiger partial charge on any atom is -0.494 e. The van der Waals surface area contributed by atoms with Crippen molar-refractivity contribution in [3.05, 3.63) is 62.9 Å². The van der Waals surface area contributed by atoms with Crippen LogP contribution in [0.2, 0.25) is 0 Å². The lowest BCUT2D eigenvalue weighted by Crippen LogP contribution is -2.23. The number of aromatic nitrogens is 3. The Morgan fingerprint density at radius 3 is 2.56 bits per heavy atom. The first-order chi connectivity index (χ1) is 16.5. The third-order valence-corrected chi connectivity index (χ3v) is 5.84. The Bertz CT molecular complexity index is 1410. The molecule has 0 aliphatic rings. The molecule has 8 nitrogen and oxygen atoms in total. The molecule has 34 heavy (non-hydrogen) atoms. The van der Waals surface area contributed by atoms with E-state index in [9.17, 15) is 9.59 Å². The van der Waals surface area contributed by atoms with Gasteiger partial charge in [-0.1, -0.05) is 30.7 Å². The van der Waals surface area contributed by atoms with E-state index in [-0.39, 0.29) is 5.56 Å². The number of hydrogen-bond donors (Lipinski definition) is 0. The third kappa shape index (κ3) is 5.26. The van der Waals surface area contributed by atoms with Crippen LogP contribution in [0.25, 0.3) is 22.4 Å². The lowest BCUT2D eigenvalue weighted by molar-refractivity contribution is -0.132. The predicted octanol–water partition coefficient (Wildman–Crippen LogP) is 3.87. The SMILES string of the molecule is CCCCOc1ccc(-c2nc3sc(=Cc4ccc(OC(C)=O)c(OCC)c4)c(=O)n3n2)cc1. The Kier molecular flexibility index (Phi) is 7.22. The van der Waals surface area contributed by atoms with Crippen molar-refractivity contribution in [2.75, 3.05) is 13.2 Å². The average Bonchev–Trinajstić information content (AvgIpc) is 3.35. The third-order valence-electron chi connectivity index (χ3n) is 4.88. The normalized spacial score (nSPS) is 11.7. The molecule has 0 saturated heterocycles. The molecule has 0 N–H and O–H groups in total. The Hall–Kier alpha value is -3.72. The van der Waals surface area contributed by atoms with Crippen molar-refractivity contribution in [2.45, 2.75) is 33.6 Å². The van der Waals surface area contributed by atoms with Crippen LogP contribution >= 0.6 is 11.3 Å². The lowest BCUT2D eigenvalue weighted by Gasteiger charge is -2.10. The van der Waals surface area contributed by atoms with Gasteiger partial charge in [-0.3, -0.25) is 9.59 Å². The molecule has 2 heterocycles. The molecule has 0 aliphatic heterocycles. The minimum atomic E-state index is -0.431. The molecule has 4 aromatic rings. The fourth-order valence-electron chi connectivity index (χ4n) is 3.26. The molecule has 0 radical (unpaired) electrons. The molecule has 0 amide bonds. The van der Waals surface area contributed by atoms with Gasteiger partial charge < -0.3 is 14.2 Å². The van der Waals surface area contributed by atoms with E-state index in [0.29, 0.717) is 40.0 Å². The van der Waals surface area contributed by atoms with Crippen molar-refractivity contribution < 1.29 is 19.0 Å². The minimum absolute atomic E-state index is 0.250. The first kappa shape index (κ1) is 23.4. The number of fused-ring (bicyclic) bond motifs is 1. The van der Waals surface area contributed by atoms with E-state index < -0.39 is 5.97 Å². The second-order valence-corrected chi connectivity index (χ2v) is 8.51. The van der Waals surface area contributed by atoms with Crippen LogP contribution < -0.4 is 24.3 Å². The lowest BCUT2D eigenvalue weighted by atomic mass is 10.2. The van der Waals surface area contributed by atoms with Crippen molar-refractivity contribution in [1.29, 1.82) is 0 Å². The van der Waals surface area contributed by atoms with Crippen LogP contribution in [0.4, 0.5) is 0 Å². The molecule has 2 aromatic heterocycles. The van der Waals surface area contributed by atoms with Gasteiger partial charge in [-0.25, -0.2) is 0 Å². The summed E-state index contributed by atoms with van der Waals surface area (Å²) in [7, 11) is 0. The number of unbranched alkanes of at least 4 members (excludes halogenated alkanes) is 1. The largest absolute Gasteiger partial charge is 0.494 e. The number of carbonyl (C=O) groups is 1. The summed E-state index contributed by atoms with van der Waals surface area (Å²) in [5, 5.41) is 4.40. The standard InChI is InChI=1S/C25H25N3O5S/c1-4-6-13-32-19-10-8-18(9-11-19)23-26-25-28(27-23)24(30)22(34-25)15-17-7-12-20(33-16(3)29)21(14-17)31-5-2/h7-12,14-15H,4-6,13H2,1-3H3. The highest BCUT2D eigenvalue weighted by molar-refractivity contribution is 7.15. The van der Waals surface area contributed by atoms with Gasteiger partial charge in [0.1, 0.15) is 5.75 Å². The molecule has 0 fully saturated rings. The molecule has 4 rings (SSSR count). The summed E-state index contributed by atoms with van der Waals surface area (Å²) in [6.07, 6.45) is 3.83. The van der Waals surface area contributed by atoms with Gasteiger partial charge in [0.25, 0.3) is 5.56 Å². The van der Waals surface area contributed by atoms with E-state index in [1.54, 1.807) is 24.3 Å². The molecule has 0 spiro atoms. The van der Waals surface area contributed by atoms with E-state index in [0.717, 1.165) is 29.7 Å². The van der Waals surface area contributed by atoms with Crippen LogP contribution in [0.3, 0.4) is 0 Å². The Labute approximate surface area is 200 Å². The number of hydrogen-bond acceptors (Lipinski definition) is 8.